The molecule has 0 aromatic heterocycles. The van der Waals surface area contributed by atoms with E-state index in [1.807, 2.05) is 0 Å². The van der Waals surface area contributed by atoms with Gasteiger partial charge in [-0.15, -0.1) is 0 Å². The van der Waals surface area contributed by atoms with E-state index < -0.39 is 18.2 Å². The lowest BCUT2D eigenvalue weighted by Crippen LogP contribution is -2.07. The maximum Gasteiger partial charge on any atom is 0.307 e. The standard InChI is InChI=1S/C9H7FN2O2/c10-7-2-1-5(4-11)6(9(7)12)3-8(13)14/h1-2H,3,12H2,(H,13,14). The monoisotopic (exact) mass is 194 g/mol. The van der Waals surface area contributed by atoms with Crippen LogP contribution in [-0.4, -0.2) is 11.1 Å². The second kappa shape index (κ2) is 3.75. The molecule has 72 valence electrons. The number of aliphatic carboxylic acids is 1. The first kappa shape index (κ1) is 9.99. The average molecular weight is 194 g/mol. The maximum atomic E-state index is 12.9. The number of hydrogen-bond donors (Lipinski definition) is 2. The molecule has 4 nitrogen and oxygen atoms in total. The van der Waals surface area contributed by atoms with Gasteiger partial charge in [0.05, 0.1) is 23.7 Å². The van der Waals surface area contributed by atoms with Crippen molar-refractivity contribution in [2.45, 2.75) is 6.42 Å². The second-order valence-electron chi connectivity index (χ2n) is 2.67. The minimum absolute atomic E-state index is 0.0278. The molecule has 14 heavy (non-hydrogen) atoms. The van der Waals surface area contributed by atoms with Crippen molar-refractivity contribution in [3.63, 3.8) is 0 Å². The normalized spacial score (nSPS) is 9.43. The van der Waals surface area contributed by atoms with Crippen LogP contribution in [0.1, 0.15) is 11.1 Å². The van der Waals surface area contributed by atoms with E-state index in [1.165, 1.54) is 6.07 Å². The third kappa shape index (κ3) is 1.80. The van der Waals surface area contributed by atoms with E-state index in [-0.39, 0.29) is 16.8 Å². The number of nitriles is 1. The first-order chi connectivity index (χ1) is 6.56. The lowest BCUT2D eigenvalue weighted by Gasteiger charge is -2.05. The van der Waals surface area contributed by atoms with E-state index in [0.717, 1.165) is 6.07 Å². The van der Waals surface area contributed by atoms with Crippen molar-refractivity contribution in [2.75, 3.05) is 5.73 Å². The molecule has 1 aromatic carbocycles. The predicted molar refractivity (Wildman–Crippen MR) is 46.9 cm³/mol. The van der Waals surface area contributed by atoms with E-state index in [1.54, 1.807) is 6.07 Å². The van der Waals surface area contributed by atoms with Crippen LogP contribution in [0.3, 0.4) is 0 Å². The van der Waals surface area contributed by atoms with Gasteiger partial charge >= 0.3 is 5.97 Å². The second-order valence-corrected chi connectivity index (χ2v) is 2.67. The number of carboxylic acid groups (broad SMARTS) is 1. The Bertz CT molecular complexity index is 424. The lowest BCUT2D eigenvalue weighted by molar-refractivity contribution is -0.136. The first-order valence-electron chi connectivity index (χ1n) is 3.75. The summed E-state index contributed by atoms with van der Waals surface area (Å²) in [4.78, 5) is 10.4. The molecule has 0 amide bonds. The van der Waals surface area contributed by atoms with Crippen LogP contribution in [0.25, 0.3) is 0 Å². The molecule has 0 unspecified atom stereocenters. The highest BCUT2D eigenvalue weighted by Gasteiger charge is 2.13. The number of nitrogens with zero attached hydrogens (tertiary/aromatic N) is 1. The van der Waals surface area contributed by atoms with Crippen LogP contribution in [-0.2, 0) is 11.2 Å². The van der Waals surface area contributed by atoms with Crippen molar-refractivity contribution in [2.24, 2.45) is 0 Å². The largest absolute Gasteiger partial charge is 0.481 e. The Balaban J connectivity index is 3.29. The predicted octanol–water partition coefficient (Wildman–Crippen LogP) is 0.907. The van der Waals surface area contributed by atoms with Gasteiger partial charge in [-0.3, -0.25) is 4.79 Å². The number of halogens is 1. The molecule has 0 aliphatic heterocycles. The summed E-state index contributed by atoms with van der Waals surface area (Å²) >= 11 is 0. The van der Waals surface area contributed by atoms with E-state index >= 15 is 0 Å². The number of rotatable bonds is 2. The van der Waals surface area contributed by atoms with E-state index in [4.69, 9.17) is 16.1 Å². The van der Waals surface area contributed by atoms with Crippen LogP contribution in [0.15, 0.2) is 12.1 Å². The summed E-state index contributed by atoms with van der Waals surface area (Å²) in [6, 6.07) is 4.01. The molecule has 0 aliphatic carbocycles. The number of benzene rings is 1. The minimum atomic E-state index is -1.15. The van der Waals surface area contributed by atoms with Crippen molar-refractivity contribution in [1.29, 1.82) is 5.26 Å². The summed E-state index contributed by atoms with van der Waals surface area (Å²) in [7, 11) is 0. The van der Waals surface area contributed by atoms with Crippen LogP contribution in [0.2, 0.25) is 0 Å². The van der Waals surface area contributed by atoms with E-state index in [2.05, 4.69) is 0 Å². The molecular weight excluding hydrogens is 187 g/mol. The molecule has 0 fully saturated rings. The molecule has 0 saturated heterocycles. The highest BCUT2D eigenvalue weighted by Crippen LogP contribution is 2.20. The fraction of sp³-hybridized carbons (Fsp3) is 0.111. The van der Waals surface area contributed by atoms with Crippen molar-refractivity contribution < 1.29 is 14.3 Å². The zero-order chi connectivity index (χ0) is 10.7. The molecule has 0 atom stereocenters. The van der Waals surface area contributed by atoms with Crippen molar-refractivity contribution >= 4 is 11.7 Å². The van der Waals surface area contributed by atoms with Crippen molar-refractivity contribution in [1.82, 2.24) is 0 Å². The number of anilines is 1. The van der Waals surface area contributed by atoms with Gasteiger partial charge in [-0.25, -0.2) is 4.39 Å². The summed E-state index contributed by atoms with van der Waals surface area (Å²) in [5, 5.41) is 17.1. The highest BCUT2D eigenvalue weighted by molar-refractivity contribution is 5.74. The minimum Gasteiger partial charge on any atom is -0.481 e. The maximum absolute atomic E-state index is 12.9. The Labute approximate surface area is 79.4 Å². The lowest BCUT2D eigenvalue weighted by atomic mass is 10.0. The molecule has 0 saturated carbocycles. The summed E-state index contributed by atoms with van der Waals surface area (Å²) in [5.41, 5.74) is 5.16. The van der Waals surface area contributed by atoms with E-state index in [9.17, 15) is 9.18 Å². The quantitative estimate of drug-likeness (QED) is 0.685. The average Bonchev–Trinajstić information content (AvgIpc) is 2.13. The topological polar surface area (TPSA) is 87.1 Å². The smallest absolute Gasteiger partial charge is 0.307 e. The molecule has 0 bridgehead atoms. The van der Waals surface area contributed by atoms with Gasteiger partial charge in [0.2, 0.25) is 0 Å². The third-order valence-corrected chi connectivity index (χ3v) is 1.75. The molecule has 0 aliphatic rings. The van der Waals surface area contributed by atoms with Gasteiger partial charge in [-0.2, -0.15) is 5.26 Å². The first-order valence-corrected chi connectivity index (χ1v) is 3.75. The van der Waals surface area contributed by atoms with Crippen LogP contribution < -0.4 is 5.73 Å². The summed E-state index contributed by atoms with van der Waals surface area (Å²) in [6.07, 6.45) is -0.452. The van der Waals surface area contributed by atoms with Crippen molar-refractivity contribution in [3.8, 4) is 6.07 Å². The highest BCUT2D eigenvalue weighted by atomic mass is 19.1. The third-order valence-electron chi connectivity index (χ3n) is 1.75. The zero-order valence-corrected chi connectivity index (χ0v) is 7.12. The summed E-state index contributed by atoms with van der Waals surface area (Å²) < 4.78 is 12.9. The molecule has 5 heteroatoms. The molecular formula is C9H7FN2O2. The van der Waals surface area contributed by atoms with Gasteiger partial charge < -0.3 is 10.8 Å². The number of carboxylic acids is 1. The van der Waals surface area contributed by atoms with E-state index in [0.29, 0.717) is 0 Å². The van der Waals surface area contributed by atoms with Crippen LogP contribution >= 0.6 is 0 Å². The fourth-order valence-electron chi connectivity index (χ4n) is 1.08. The fourth-order valence-corrected chi connectivity index (χ4v) is 1.08. The number of carbonyl (C=O) groups is 1. The Morgan fingerprint density at radius 2 is 2.29 bits per heavy atom. The molecule has 1 aromatic rings. The molecule has 3 N–H and O–H groups in total. The van der Waals surface area contributed by atoms with Crippen LogP contribution in [0.5, 0.6) is 0 Å². The van der Waals surface area contributed by atoms with Crippen molar-refractivity contribution in [3.05, 3.63) is 29.1 Å². The number of nitrogens with two attached hydrogens (primary N) is 1. The summed E-state index contributed by atoms with van der Waals surface area (Å²) in [6.45, 7) is 0. The zero-order valence-electron chi connectivity index (χ0n) is 7.12. The van der Waals surface area contributed by atoms with Gasteiger partial charge in [0.25, 0.3) is 0 Å². The molecule has 1 rings (SSSR count). The summed E-state index contributed by atoms with van der Waals surface area (Å²) in [5.74, 6) is -1.86. The van der Waals surface area contributed by atoms with Gasteiger partial charge in [0.15, 0.2) is 0 Å². The Hall–Kier alpha value is -2.09. The van der Waals surface area contributed by atoms with Gasteiger partial charge in [-0.1, -0.05) is 0 Å². The van der Waals surface area contributed by atoms with Gasteiger partial charge in [-0.05, 0) is 12.1 Å². The Kier molecular flexibility index (Phi) is 2.67. The Morgan fingerprint density at radius 3 is 2.79 bits per heavy atom. The van der Waals surface area contributed by atoms with Crippen LogP contribution in [0, 0.1) is 17.1 Å². The number of nitrogen functional groups attached to an aromatic ring is 1. The Morgan fingerprint density at radius 1 is 1.64 bits per heavy atom. The SMILES string of the molecule is N#Cc1ccc(F)c(N)c1CC(=O)O. The molecule has 0 heterocycles. The number of hydrogen-bond acceptors (Lipinski definition) is 3. The van der Waals surface area contributed by atoms with Crippen LogP contribution in [0.4, 0.5) is 10.1 Å². The van der Waals surface area contributed by atoms with Gasteiger partial charge in [0.1, 0.15) is 5.82 Å². The van der Waals surface area contributed by atoms with Gasteiger partial charge in [0, 0.05) is 5.56 Å². The molecule has 0 spiro atoms. The molecule has 0 radical (unpaired) electrons.